The van der Waals surface area contributed by atoms with E-state index >= 15 is 0 Å². The summed E-state index contributed by atoms with van der Waals surface area (Å²) < 4.78 is 5.27. The fourth-order valence-electron chi connectivity index (χ4n) is 1.69. The van der Waals surface area contributed by atoms with E-state index in [-0.39, 0.29) is 6.42 Å². The SMILES string of the molecule is COc1cc(C(C)C)ccc1C(N)CC(=O)O. The van der Waals surface area contributed by atoms with Gasteiger partial charge in [-0.15, -0.1) is 0 Å². The predicted octanol–water partition coefficient (Wildman–Crippen LogP) is 2.29. The third-order valence-corrected chi connectivity index (χ3v) is 2.72. The minimum Gasteiger partial charge on any atom is -0.496 e. The number of aliphatic carboxylic acids is 1. The first kappa shape index (κ1) is 13.5. The lowest BCUT2D eigenvalue weighted by molar-refractivity contribution is -0.137. The molecule has 94 valence electrons. The molecule has 0 spiro atoms. The lowest BCUT2D eigenvalue weighted by atomic mass is 9.97. The van der Waals surface area contributed by atoms with Gasteiger partial charge in [-0.05, 0) is 17.5 Å². The first-order valence-corrected chi connectivity index (χ1v) is 5.61. The van der Waals surface area contributed by atoms with Gasteiger partial charge in [0.05, 0.1) is 13.5 Å². The molecular weight excluding hydrogens is 218 g/mol. The molecule has 0 aliphatic carbocycles. The van der Waals surface area contributed by atoms with Crippen molar-refractivity contribution in [1.82, 2.24) is 0 Å². The van der Waals surface area contributed by atoms with Crippen molar-refractivity contribution in [2.75, 3.05) is 7.11 Å². The van der Waals surface area contributed by atoms with Gasteiger partial charge >= 0.3 is 5.97 Å². The van der Waals surface area contributed by atoms with Crippen molar-refractivity contribution < 1.29 is 14.6 Å². The molecule has 0 bridgehead atoms. The number of hydrogen-bond donors (Lipinski definition) is 2. The van der Waals surface area contributed by atoms with Gasteiger partial charge in [-0.1, -0.05) is 26.0 Å². The van der Waals surface area contributed by atoms with Crippen molar-refractivity contribution in [2.45, 2.75) is 32.2 Å². The van der Waals surface area contributed by atoms with E-state index in [1.165, 1.54) is 0 Å². The monoisotopic (exact) mass is 237 g/mol. The number of nitrogens with two attached hydrogens (primary N) is 1. The highest BCUT2D eigenvalue weighted by molar-refractivity contribution is 5.68. The first-order valence-electron chi connectivity index (χ1n) is 5.61. The third kappa shape index (κ3) is 3.46. The van der Waals surface area contributed by atoms with Gasteiger partial charge in [0.2, 0.25) is 0 Å². The summed E-state index contributed by atoms with van der Waals surface area (Å²) in [6.07, 6.45) is -0.0998. The third-order valence-electron chi connectivity index (χ3n) is 2.72. The van der Waals surface area contributed by atoms with Crippen LogP contribution in [0.3, 0.4) is 0 Å². The van der Waals surface area contributed by atoms with E-state index in [2.05, 4.69) is 13.8 Å². The van der Waals surface area contributed by atoms with Crippen LogP contribution in [0.2, 0.25) is 0 Å². The standard InChI is InChI=1S/C13H19NO3/c1-8(2)9-4-5-10(12(6-9)17-3)11(14)7-13(15)16/h4-6,8,11H,7,14H2,1-3H3,(H,15,16). The molecule has 0 saturated carbocycles. The number of hydrogen-bond acceptors (Lipinski definition) is 3. The van der Waals surface area contributed by atoms with Crippen molar-refractivity contribution >= 4 is 5.97 Å². The summed E-state index contributed by atoms with van der Waals surface area (Å²) in [4.78, 5) is 10.6. The summed E-state index contributed by atoms with van der Waals surface area (Å²) in [5.41, 5.74) is 7.72. The Morgan fingerprint density at radius 2 is 2.12 bits per heavy atom. The summed E-state index contributed by atoms with van der Waals surface area (Å²) in [5.74, 6) is 0.145. The van der Waals surface area contributed by atoms with Crippen molar-refractivity contribution in [3.8, 4) is 5.75 Å². The minimum atomic E-state index is -0.910. The number of methoxy groups -OCH3 is 1. The number of rotatable bonds is 5. The molecule has 0 aliphatic heterocycles. The van der Waals surface area contributed by atoms with E-state index in [1.807, 2.05) is 18.2 Å². The second kappa shape index (κ2) is 5.68. The molecule has 1 rings (SSSR count). The van der Waals surface area contributed by atoms with E-state index < -0.39 is 12.0 Å². The van der Waals surface area contributed by atoms with E-state index in [1.54, 1.807) is 7.11 Å². The van der Waals surface area contributed by atoms with E-state index in [4.69, 9.17) is 15.6 Å². The van der Waals surface area contributed by atoms with Crippen LogP contribution in [0.25, 0.3) is 0 Å². The van der Waals surface area contributed by atoms with Crippen LogP contribution < -0.4 is 10.5 Å². The van der Waals surface area contributed by atoms with Crippen LogP contribution in [-0.4, -0.2) is 18.2 Å². The van der Waals surface area contributed by atoms with Crippen LogP contribution in [0.1, 0.15) is 43.4 Å². The van der Waals surface area contributed by atoms with Gasteiger partial charge in [-0.25, -0.2) is 0 Å². The van der Waals surface area contributed by atoms with E-state index in [0.717, 1.165) is 11.1 Å². The number of carboxylic acids is 1. The van der Waals surface area contributed by atoms with Crippen LogP contribution in [-0.2, 0) is 4.79 Å². The summed E-state index contributed by atoms with van der Waals surface area (Å²) in [5, 5.41) is 8.73. The first-order chi connectivity index (χ1) is 7.95. The molecule has 0 aliphatic rings. The molecule has 0 heterocycles. The lowest BCUT2D eigenvalue weighted by Gasteiger charge is -2.16. The van der Waals surface area contributed by atoms with Gasteiger partial charge in [-0.3, -0.25) is 4.79 Å². The van der Waals surface area contributed by atoms with Crippen molar-refractivity contribution in [3.05, 3.63) is 29.3 Å². The van der Waals surface area contributed by atoms with Gasteiger partial charge in [0, 0.05) is 11.6 Å². The Kier molecular flexibility index (Phi) is 4.52. The zero-order valence-corrected chi connectivity index (χ0v) is 10.4. The van der Waals surface area contributed by atoms with Crippen LogP contribution in [0.15, 0.2) is 18.2 Å². The Morgan fingerprint density at radius 3 is 2.59 bits per heavy atom. The Hall–Kier alpha value is -1.55. The zero-order chi connectivity index (χ0) is 13.0. The molecule has 0 aromatic heterocycles. The maximum atomic E-state index is 10.6. The molecule has 0 radical (unpaired) electrons. The number of benzene rings is 1. The molecule has 3 N–H and O–H groups in total. The largest absolute Gasteiger partial charge is 0.496 e. The van der Waals surface area contributed by atoms with Crippen LogP contribution in [0, 0.1) is 0 Å². The summed E-state index contributed by atoms with van der Waals surface area (Å²) >= 11 is 0. The highest BCUT2D eigenvalue weighted by Crippen LogP contribution is 2.29. The molecule has 1 unspecified atom stereocenters. The van der Waals surface area contributed by atoms with Crippen LogP contribution in [0.4, 0.5) is 0 Å². The molecule has 0 amide bonds. The Balaban J connectivity index is 3.03. The maximum Gasteiger partial charge on any atom is 0.305 e. The maximum absolute atomic E-state index is 10.6. The molecular formula is C13H19NO3. The molecule has 1 aromatic carbocycles. The highest BCUT2D eigenvalue weighted by atomic mass is 16.5. The van der Waals surface area contributed by atoms with Crippen molar-refractivity contribution in [2.24, 2.45) is 5.73 Å². The quantitative estimate of drug-likeness (QED) is 0.824. The highest BCUT2D eigenvalue weighted by Gasteiger charge is 2.16. The molecule has 0 fully saturated rings. The molecule has 0 saturated heterocycles. The molecule has 1 aromatic rings. The van der Waals surface area contributed by atoms with Gasteiger partial charge in [0.15, 0.2) is 0 Å². The smallest absolute Gasteiger partial charge is 0.305 e. The van der Waals surface area contributed by atoms with Gasteiger partial charge < -0.3 is 15.6 Å². The fraction of sp³-hybridized carbons (Fsp3) is 0.462. The molecule has 4 nitrogen and oxygen atoms in total. The Bertz CT molecular complexity index is 402. The van der Waals surface area contributed by atoms with Crippen molar-refractivity contribution in [1.29, 1.82) is 0 Å². The molecule has 4 heteroatoms. The fourth-order valence-corrected chi connectivity index (χ4v) is 1.69. The van der Waals surface area contributed by atoms with Gasteiger partial charge in [0.25, 0.3) is 0 Å². The number of ether oxygens (including phenoxy) is 1. The van der Waals surface area contributed by atoms with E-state index in [0.29, 0.717) is 11.7 Å². The minimum absolute atomic E-state index is 0.0998. The van der Waals surface area contributed by atoms with Crippen molar-refractivity contribution in [3.63, 3.8) is 0 Å². The average Bonchev–Trinajstić information content (AvgIpc) is 2.27. The lowest BCUT2D eigenvalue weighted by Crippen LogP contribution is -2.16. The molecule has 1 atom stereocenters. The summed E-state index contributed by atoms with van der Waals surface area (Å²) in [7, 11) is 1.57. The number of carbonyl (C=O) groups is 1. The zero-order valence-electron chi connectivity index (χ0n) is 10.4. The predicted molar refractivity (Wildman–Crippen MR) is 66.3 cm³/mol. The average molecular weight is 237 g/mol. The summed E-state index contributed by atoms with van der Waals surface area (Å²) in [6.45, 7) is 4.18. The molecule has 17 heavy (non-hydrogen) atoms. The second-order valence-corrected chi connectivity index (χ2v) is 4.36. The van der Waals surface area contributed by atoms with Crippen LogP contribution >= 0.6 is 0 Å². The normalized spacial score (nSPS) is 12.5. The van der Waals surface area contributed by atoms with Gasteiger partial charge in [-0.2, -0.15) is 0 Å². The number of carboxylic acid groups (broad SMARTS) is 1. The van der Waals surface area contributed by atoms with Crippen LogP contribution in [0.5, 0.6) is 5.75 Å². The Labute approximate surface area is 101 Å². The van der Waals surface area contributed by atoms with E-state index in [9.17, 15) is 4.79 Å². The summed E-state index contributed by atoms with van der Waals surface area (Å²) in [6, 6.07) is 5.19. The second-order valence-electron chi connectivity index (χ2n) is 4.36. The topological polar surface area (TPSA) is 72.5 Å². The Morgan fingerprint density at radius 1 is 1.47 bits per heavy atom. The van der Waals surface area contributed by atoms with Gasteiger partial charge in [0.1, 0.15) is 5.75 Å².